The highest BCUT2D eigenvalue weighted by atomic mass is 16.5. The third-order valence-corrected chi connectivity index (χ3v) is 2.20. The SMILES string of the molecule is Cc1ccc(Oc2ncncc2C(=N)N)cc1. The highest BCUT2D eigenvalue weighted by Crippen LogP contribution is 2.22. The van der Waals surface area contributed by atoms with Gasteiger partial charge in [-0.25, -0.2) is 9.97 Å². The van der Waals surface area contributed by atoms with Crippen LogP contribution in [0.25, 0.3) is 0 Å². The van der Waals surface area contributed by atoms with Crippen LogP contribution < -0.4 is 10.5 Å². The lowest BCUT2D eigenvalue weighted by molar-refractivity contribution is 0.460. The zero-order chi connectivity index (χ0) is 12.3. The molecule has 5 heteroatoms. The van der Waals surface area contributed by atoms with Crippen LogP contribution in [0.3, 0.4) is 0 Å². The fourth-order valence-corrected chi connectivity index (χ4v) is 1.30. The Hall–Kier alpha value is -2.43. The molecular weight excluding hydrogens is 216 g/mol. The summed E-state index contributed by atoms with van der Waals surface area (Å²) in [6.45, 7) is 2.00. The first-order valence-corrected chi connectivity index (χ1v) is 5.06. The summed E-state index contributed by atoms with van der Waals surface area (Å²) in [6, 6.07) is 7.54. The second-order valence-electron chi connectivity index (χ2n) is 3.57. The van der Waals surface area contributed by atoms with E-state index in [2.05, 4.69) is 9.97 Å². The van der Waals surface area contributed by atoms with E-state index >= 15 is 0 Å². The maximum atomic E-state index is 7.39. The Morgan fingerprint density at radius 1 is 1.29 bits per heavy atom. The highest BCUT2D eigenvalue weighted by Gasteiger charge is 2.08. The molecule has 0 aliphatic heterocycles. The normalized spacial score (nSPS) is 9.94. The number of benzene rings is 1. The van der Waals surface area contributed by atoms with Gasteiger partial charge in [-0.1, -0.05) is 17.7 Å². The zero-order valence-corrected chi connectivity index (χ0v) is 9.34. The predicted octanol–water partition coefficient (Wildman–Crippen LogP) is 1.86. The molecule has 0 aliphatic carbocycles. The van der Waals surface area contributed by atoms with Crippen LogP contribution in [0.15, 0.2) is 36.8 Å². The van der Waals surface area contributed by atoms with Crippen LogP contribution in [-0.4, -0.2) is 15.8 Å². The Morgan fingerprint density at radius 3 is 2.65 bits per heavy atom. The van der Waals surface area contributed by atoms with Crippen molar-refractivity contribution in [3.8, 4) is 11.6 Å². The Morgan fingerprint density at radius 2 is 2.00 bits per heavy atom. The molecule has 0 atom stereocenters. The number of hydrogen-bond donors (Lipinski definition) is 2. The van der Waals surface area contributed by atoms with Gasteiger partial charge < -0.3 is 10.5 Å². The number of nitrogens with zero attached hydrogens (tertiary/aromatic N) is 2. The van der Waals surface area contributed by atoms with Crippen LogP contribution in [0, 0.1) is 12.3 Å². The van der Waals surface area contributed by atoms with Crippen LogP contribution in [0.4, 0.5) is 0 Å². The molecule has 1 heterocycles. The lowest BCUT2D eigenvalue weighted by atomic mass is 10.2. The van der Waals surface area contributed by atoms with Gasteiger partial charge in [0.1, 0.15) is 17.9 Å². The smallest absolute Gasteiger partial charge is 0.233 e. The molecular formula is C12H12N4O. The van der Waals surface area contributed by atoms with Crippen LogP contribution in [0.1, 0.15) is 11.1 Å². The Kier molecular flexibility index (Phi) is 3.00. The van der Waals surface area contributed by atoms with E-state index in [4.69, 9.17) is 15.9 Å². The maximum Gasteiger partial charge on any atom is 0.233 e. The predicted molar refractivity (Wildman–Crippen MR) is 64.3 cm³/mol. The standard InChI is InChI=1S/C12H12N4O/c1-8-2-4-9(5-3-8)17-12-10(11(13)14)6-15-7-16-12/h2-7H,1H3,(H3,13,14). The minimum atomic E-state index is -0.118. The fraction of sp³-hybridized carbons (Fsp3) is 0.0833. The molecule has 0 aliphatic rings. The van der Waals surface area contributed by atoms with E-state index in [1.807, 2.05) is 31.2 Å². The highest BCUT2D eigenvalue weighted by molar-refractivity contribution is 5.96. The van der Waals surface area contributed by atoms with Crippen LogP contribution in [-0.2, 0) is 0 Å². The molecule has 0 saturated carbocycles. The van der Waals surface area contributed by atoms with Gasteiger partial charge in [0.15, 0.2) is 0 Å². The van der Waals surface area contributed by atoms with Crippen molar-refractivity contribution >= 4 is 5.84 Å². The van der Waals surface area contributed by atoms with Gasteiger partial charge in [0.25, 0.3) is 0 Å². The molecule has 0 bridgehead atoms. The van der Waals surface area contributed by atoms with Gasteiger partial charge in [-0.3, -0.25) is 5.41 Å². The number of ether oxygens (including phenoxy) is 1. The second kappa shape index (κ2) is 4.61. The summed E-state index contributed by atoms with van der Waals surface area (Å²) in [5.41, 5.74) is 6.94. The molecule has 0 saturated heterocycles. The summed E-state index contributed by atoms with van der Waals surface area (Å²) in [6.07, 6.45) is 2.81. The van der Waals surface area contributed by atoms with E-state index in [0.717, 1.165) is 5.56 Å². The topological polar surface area (TPSA) is 84.9 Å². The molecule has 0 fully saturated rings. The Balaban J connectivity index is 2.30. The zero-order valence-electron chi connectivity index (χ0n) is 9.34. The molecule has 0 radical (unpaired) electrons. The molecule has 1 aromatic carbocycles. The quantitative estimate of drug-likeness (QED) is 0.620. The van der Waals surface area contributed by atoms with Crippen molar-refractivity contribution in [3.63, 3.8) is 0 Å². The monoisotopic (exact) mass is 228 g/mol. The average molecular weight is 228 g/mol. The minimum Gasteiger partial charge on any atom is -0.438 e. The van der Waals surface area contributed by atoms with Crippen LogP contribution in [0.5, 0.6) is 11.6 Å². The van der Waals surface area contributed by atoms with E-state index in [-0.39, 0.29) is 11.7 Å². The van der Waals surface area contributed by atoms with Gasteiger partial charge in [-0.05, 0) is 19.1 Å². The molecule has 0 spiro atoms. The van der Waals surface area contributed by atoms with Crippen LogP contribution in [0.2, 0.25) is 0 Å². The summed E-state index contributed by atoms with van der Waals surface area (Å²) in [7, 11) is 0. The number of aromatic nitrogens is 2. The van der Waals surface area contributed by atoms with Gasteiger partial charge >= 0.3 is 0 Å². The van der Waals surface area contributed by atoms with E-state index in [0.29, 0.717) is 11.3 Å². The third-order valence-electron chi connectivity index (χ3n) is 2.20. The summed E-state index contributed by atoms with van der Waals surface area (Å²) in [5.74, 6) is 0.820. The summed E-state index contributed by atoms with van der Waals surface area (Å²) in [4.78, 5) is 7.77. The lowest BCUT2D eigenvalue weighted by Gasteiger charge is -2.08. The molecule has 2 aromatic rings. The van der Waals surface area contributed by atoms with Crippen molar-refractivity contribution in [2.45, 2.75) is 6.92 Å². The van der Waals surface area contributed by atoms with Gasteiger partial charge in [0.2, 0.25) is 5.88 Å². The second-order valence-corrected chi connectivity index (χ2v) is 3.57. The van der Waals surface area contributed by atoms with Crippen molar-refractivity contribution in [3.05, 3.63) is 47.9 Å². The molecule has 0 unspecified atom stereocenters. The van der Waals surface area contributed by atoms with Crippen molar-refractivity contribution in [2.24, 2.45) is 5.73 Å². The van der Waals surface area contributed by atoms with Gasteiger partial charge in [0, 0.05) is 6.20 Å². The number of rotatable bonds is 3. The Bertz CT molecular complexity index is 536. The van der Waals surface area contributed by atoms with Crippen molar-refractivity contribution in [1.82, 2.24) is 9.97 Å². The number of nitrogens with one attached hydrogen (secondary N) is 1. The molecule has 0 amide bonds. The van der Waals surface area contributed by atoms with Crippen molar-refractivity contribution < 1.29 is 4.74 Å². The van der Waals surface area contributed by atoms with Gasteiger partial charge in [-0.15, -0.1) is 0 Å². The molecule has 17 heavy (non-hydrogen) atoms. The van der Waals surface area contributed by atoms with E-state index < -0.39 is 0 Å². The molecule has 5 nitrogen and oxygen atoms in total. The first kappa shape index (κ1) is 11.1. The fourth-order valence-electron chi connectivity index (χ4n) is 1.30. The molecule has 3 N–H and O–H groups in total. The van der Waals surface area contributed by atoms with E-state index in [1.165, 1.54) is 12.5 Å². The first-order chi connectivity index (χ1) is 8.16. The van der Waals surface area contributed by atoms with Gasteiger partial charge in [0.05, 0.1) is 5.56 Å². The van der Waals surface area contributed by atoms with E-state index in [1.54, 1.807) is 0 Å². The molecule has 86 valence electrons. The largest absolute Gasteiger partial charge is 0.438 e. The maximum absolute atomic E-state index is 7.39. The summed E-state index contributed by atoms with van der Waals surface area (Å²) >= 11 is 0. The Labute approximate surface area is 98.8 Å². The number of nitrogens with two attached hydrogens (primary N) is 1. The summed E-state index contributed by atoms with van der Waals surface area (Å²) in [5, 5.41) is 7.39. The van der Waals surface area contributed by atoms with Crippen molar-refractivity contribution in [2.75, 3.05) is 0 Å². The molecule has 1 aromatic heterocycles. The number of nitrogen functional groups attached to an aromatic ring is 1. The number of amidine groups is 1. The first-order valence-electron chi connectivity index (χ1n) is 5.06. The summed E-state index contributed by atoms with van der Waals surface area (Å²) < 4.78 is 5.55. The third kappa shape index (κ3) is 2.57. The van der Waals surface area contributed by atoms with Crippen LogP contribution >= 0.6 is 0 Å². The van der Waals surface area contributed by atoms with Gasteiger partial charge in [-0.2, -0.15) is 0 Å². The molecule has 2 rings (SSSR count). The number of hydrogen-bond acceptors (Lipinski definition) is 4. The lowest BCUT2D eigenvalue weighted by Crippen LogP contribution is -2.13. The van der Waals surface area contributed by atoms with E-state index in [9.17, 15) is 0 Å². The number of aryl methyl sites for hydroxylation is 1. The minimum absolute atomic E-state index is 0.118. The average Bonchev–Trinajstić information content (AvgIpc) is 2.32. The van der Waals surface area contributed by atoms with Crippen molar-refractivity contribution in [1.29, 1.82) is 5.41 Å².